The van der Waals surface area contributed by atoms with Gasteiger partial charge in [-0.3, -0.25) is 4.98 Å². The highest BCUT2D eigenvalue weighted by Gasteiger charge is 2.14. The van der Waals surface area contributed by atoms with Crippen molar-refractivity contribution in [1.29, 1.82) is 0 Å². The minimum Gasteiger partial charge on any atom is -0.264 e. The minimum atomic E-state index is 0.622. The van der Waals surface area contributed by atoms with Crippen molar-refractivity contribution in [3.8, 4) is 90.3 Å². The molecule has 54 heavy (non-hydrogen) atoms. The van der Waals surface area contributed by atoms with Crippen molar-refractivity contribution in [3.05, 3.63) is 194 Å². The number of hydrogen-bond acceptors (Lipinski definition) is 6. The molecule has 6 aromatic carbocycles. The summed E-state index contributed by atoms with van der Waals surface area (Å²) in [5.41, 5.74) is 11.8. The Bertz CT molecular complexity index is 2610. The second-order valence-electron chi connectivity index (χ2n) is 12.8. The van der Waals surface area contributed by atoms with Crippen molar-refractivity contribution in [2.45, 2.75) is 0 Å². The number of benzene rings is 6. The molecule has 0 atom stereocenters. The monoisotopic (exact) mass is 692 g/mol. The van der Waals surface area contributed by atoms with Gasteiger partial charge in [0.25, 0.3) is 0 Å². The van der Waals surface area contributed by atoms with Gasteiger partial charge < -0.3 is 0 Å². The topological polar surface area (TPSA) is 77.3 Å². The van der Waals surface area contributed by atoms with E-state index in [1.165, 1.54) is 0 Å². The first-order valence-electron chi connectivity index (χ1n) is 17.8. The van der Waals surface area contributed by atoms with Crippen LogP contribution in [0.2, 0.25) is 0 Å². The molecule has 0 aliphatic rings. The summed E-state index contributed by atoms with van der Waals surface area (Å²) >= 11 is 0. The van der Waals surface area contributed by atoms with E-state index in [2.05, 4.69) is 83.8 Å². The first-order valence-corrected chi connectivity index (χ1v) is 17.8. The Kier molecular flexibility index (Phi) is 8.81. The molecule has 254 valence electrons. The summed E-state index contributed by atoms with van der Waals surface area (Å²) < 4.78 is 0. The Hall–Kier alpha value is -7.44. The summed E-state index contributed by atoms with van der Waals surface area (Å²) in [5.74, 6) is 2.57. The van der Waals surface area contributed by atoms with Gasteiger partial charge in [-0.05, 0) is 40.5 Å². The van der Waals surface area contributed by atoms with Crippen LogP contribution in [0.1, 0.15) is 0 Å². The third-order valence-corrected chi connectivity index (χ3v) is 9.27. The molecule has 0 amide bonds. The smallest absolute Gasteiger partial charge is 0.164 e. The Balaban J connectivity index is 1.06. The minimum absolute atomic E-state index is 0.622. The van der Waals surface area contributed by atoms with Crippen LogP contribution >= 0.6 is 0 Å². The lowest BCUT2D eigenvalue weighted by molar-refractivity contribution is 1.07. The predicted octanol–water partition coefficient (Wildman–Crippen LogP) is 11.4. The van der Waals surface area contributed by atoms with Crippen LogP contribution in [0.4, 0.5) is 0 Å². The molecule has 9 aromatic rings. The lowest BCUT2D eigenvalue weighted by Gasteiger charge is -2.11. The maximum Gasteiger partial charge on any atom is 0.164 e. The second-order valence-corrected chi connectivity index (χ2v) is 12.8. The summed E-state index contributed by atoms with van der Waals surface area (Å²) in [7, 11) is 0. The van der Waals surface area contributed by atoms with E-state index in [1.807, 2.05) is 109 Å². The van der Waals surface area contributed by atoms with Crippen LogP contribution in [0.5, 0.6) is 0 Å². The fraction of sp³-hybridized carbons (Fsp3) is 0. The quantitative estimate of drug-likeness (QED) is 0.158. The van der Waals surface area contributed by atoms with Crippen LogP contribution in [-0.4, -0.2) is 29.9 Å². The molecule has 3 aromatic heterocycles. The van der Waals surface area contributed by atoms with Crippen LogP contribution < -0.4 is 0 Å². The van der Waals surface area contributed by atoms with Crippen molar-refractivity contribution in [3.63, 3.8) is 0 Å². The lowest BCUT2D eigenvalue weighted by Crippen LogP contribution is -2.00. The van der Waals surface area contributed by atoms with Gasteiger partial charge >= 0.3 is 0 Å². The highest BCUT2D eigenvalue weighted by molar-refractivity contribution is 5.77. The average molecular weight is 693 g/mol. The van der Waals surface area contributed by atoms with E-state index >= 15 is 0 Å². The maximum absolute atomic E-state index is 5.05. The summed E-state index contributed by atoms with van der Waals surface area (Å²) in [4.78, 5) is 29.1. The Morgan fingerprint density at radius 1 is 0.241 bits per heavy atom. The van der Waals surface area contributed by atoms with E-state index in [0.29, 0.717) is 23.3 Å². The highest BCUT2D eigenvalue weighted by Crippen LogP contribution is 2.32. The molecule has 0 saturated heterocycles. The number of hydrogen-bond donors (Lipinski definition) is 0. The van der Waals surface area contributed by atoms with Gasteiger partial charge in [0.15, 0.2) is 23.3 Å². The number of rotatable bonds is 8. The number of aromatic nitrogens is 6. The molecule has 6 nitrogen and oxygen atoms in total. The molecule has 0 bridgehead atoms. The molecule has 0 N–H and O–H groups in total. The summed E-state index contributed by atoms with van der Waals surface area (Å²) in [6.45, 7) is 0. The van der Waals surface area contributed by atoms with Crippen molar-refractivity contribution in [2.75, 3.05) is 0 Å². The van der Waals surface area contributed by atoms with Crippen molar-refractivity contribution in [1.82, 2.24) is 29.9 Å². The Morgan fingerprint density at radius 2 is 0.630 bits per heavy atom. The molecule has 0 aliphatic carbocycles. The number of nitrogens with zero attached hydrogens (tertiary/aromatic N) is 6. The highest BCUT2D eigenvalue weighted by atomic mass is 15.0. The van der Waals surface area contributed by atoms with Gasteiger partial charge in [-0.1, -0.05) is 164 Å². The van der Waals surface area contributed by atoms with E-state index in [-0.39, 0.29) is 0 Å². The van der Waals surface area contributed by atoms with Gasteiger partial charge in [-0.2, -0.15) is 0 Å². The molecule has 9 rings (SSSR count). The Morgan fingerprint density at radius 3 is 1.11 bits per heavy atom. The molecule has 0 fully saturated rings. The summed E-state index contributed by atoms with van der Waals surface area (Å²) in [6, 6.07) is 61.6. The van der Waals surface area contributed by atoms with E-state index < -0.39 is 0 Å². The third kappa shape index (κ3) is 6.92. The van der Waals surface area contributed by atoms with E-state index in [4.69, 9.17) is 24.9 Å². The fourth-order valence-electron chi connectivity index (χ4n) is 6.44. The van der Waals surface area contributed by atoms with Gasteiger partial charge in [-0.15, -0.1) is 0 Å². The largest absolute Gasteiger partial charge is 0.264 e. The second kappa shape index (κ2) is 14.7. The van der Waals surface area contributed by atoms with Gasteiger partial charge in [0.2, 0.25) is 0 Å². The van der Waals surface area contributed by atoms with Crippen molar-refractivity contribution >= 4 is 0 Å². The molecule has 0 unspecified atom stereocenters. The van der Waals surface area contributed by atoms with Gasteiger partial charge in [0, 0.05) is 45.8 Å². The molecule has 0 spiro atoms. The van der Waals surface area contributed by atoms with E-state index in [1.54, 1.807) is 6.20 Å². The third-order valence-electron chi connectivity index (χ3n) is 9.27. The van der Waals surface area contributed by atoms with Crippen LogP contribution in [0.3, 0.4) is 0 Å². The van der Waals surface area contributed by atoms with Crippen LogP contribution in [0, 0.1) is 0 Å². The predicted molar refractivity (Wildman–Crippen MR) is 217 cm³/mol. The van der Waals surface area contributed by atoms with E-state index in [9.17, 15) is 0 Å². The molecular formula is C48H32N6. The number of pyridine rings is 1. The first-order chi connectivity index (χ1) is 26.7. The molecule has 3 heterocycles. The molecule has 6 heteroatoms. The zero-order chi connectivity index (χ0) is 36.1. The van der Waals surface area contributed by atoms with Gasteiger partial charge in [0.1, 0.15) is 0 Å². The molecule has 0 saturated carbocycles. The Labute approximate surface area is 313 Å². The standard InChI is InChI=1S/C48H32N6/c1-4-12-37(13-5-1)45-50-43(31-44(51-45)36-27-23-34(24-28-36)42-20-11-29-49-32-42)35-25-21-33(22-26-35)40-18-10-19-41(30-40)48-53-46(38-14-6-2-7-15-38)52-47(54-48)39-16-8-3-9-17-39/h1-32H. The van der Waals surface area contributed by atoms with Crippen LogP contribution in [0.15, 0.2) is 194 Å². The van der Waals surface area contributed by atoms with Gasteiger partial charge in [0.05, 0.1) is 11.4 Å². The summed E-state index contributed by atoms with van der Waals surface area (Å²) in [6.07, 6.45) is 3.66. The summed E-state index contributed by atoms with van der Waals surface area (Å²) in [5, 5.41) is 0. The zero-order valence-corrected chi connectivity index (χ0v) is 29.2. The van der Waals surface area contributed by atoms with Crippen molar-refractivity contribution < 1.29 is 0 Å². The molecule has 0 aliphatic heterocycles. The van der Waals surface area contributed by atoms with Crippen molar-refractivity contribution in [2.24, 2.45) is 0 Å². The van der Waals surface area contributed by atoms with Gasteiger partial charge in [-0.25, -0.2) is 24.9 Å². The zero-order valence-electron chi connectivity index (χ0n) is 29.2. The SMILES string of the molecule is c1ccc(-c2nc(-c3ccc(-c4cccnc4)cc3)cc(-c3ccc(-c4cccc(-c5nc(-c6ccccc6)nc(-c6ccccc6)n5)c4)cc3)n2)cc1. The maximum atomic E-state index is 5.05. The fourth-order valence-corrected chi connectivity index (χ4v) is 6.44. The van der Waals surface area contributed by atoms with Crippen LogP contribution in [-0.2, 0) is 0 Å². The lowest BCUT2D eigenvalue weighted by atomic mass is 9.99. The first kappa shape index (κ1) is 32.5. The average Bonchev–Trinajstić information content (AvgIpc) is 3.27. The van der Waals surface area contributed by atoms with E-state index in [0.717, 1.165) is 67.0 Å². The molecule has 0 radical (unpaired) electrons. The molecular weight excluding hydrogens is 661 g/mol. The normalized spacial score (nSPS) is 11.0. The van der Waals surface area contributed by atoms with Crippen LogP contribution in [0.25, 0.3) is 90.3 Å².